The van der Waals surface area contributed by atoms with Gasteiger partial charge in [0.15, 0.2) is 0 Å². The lowest BCUT2D eigenvalue weighted by Gasteiger charge is -2.15. The molecule has 9 nitrogen and oxygen atoms in total. The zero-order chi connectivity index (χ0) is 26.0. The van der Waals surface area contributed by atoms with Gasteiger partial charge < -0.3 is 29.2 Å². The molecule has 9 heteroatoms. The van der Waals surface area contributed by atoms with Gasteiger partial charge in [-0.2, -0.15) is 0 Å². The van der Waals surface area contributed by atoms with Crippen molar-refractivity contribution in [2.75, 3.05) is 39.4 Å². The van der Waals surface area contributed by atoms with Gasteiger partial charge in [-0.3, -0.25) is 15.4 Å². The van der Waals surface area contributed by atoms with Crippen molar-refractivity contribution in [3.05, 3.63) is 77.7 Å². The average Bonchev–Trinajstić information content (AvgIpc) is 3.33. The minimum atomic E-state index is 0.500. The van der Waals surface area contributed by atoms with Gasteiger partial charge >= 0.3 is 0 Å². The molecule has 38 heavy (non-hydrogen) atoms. The van der Waals surface area contributed by atoms with E-state index < -0.39 is 0 Å². The zero-order valence-corrected chi connectivity index (χ0v) is 21.9. The molecule has 0 saturated carbocycles. The number of aliphatic imine (C=N–C) groups is 2. The van der Waals surface area contributed by atoms with Crippen molar-refractivity contribution >= 4 is 11.7 Å². The van der Waals surface area contributed by atoms with Crippen LogP contribution in [0.15, 0.2) is 70.9 Å². The van der Waals surface area contributed by atoms with Crippen molar-refractivity contribution in [1.82, 2.24) is 19.8 Å². The van der Waals surface area contributed by atoms with E-state index in [0.717, 1.165) is 99.2 Å². The molecular weight excluding hydrogens is 478 g/mol. The first kappa shape index (κ1) is 25.6. The second kappa shape index (κ2) is 13.0. The predicted octanol–water partition coefficient (Wildman–Crippen LogP) is 3.19. The Bertz CT molecular complexity index is 1190. The number of amidine groups is 2. The highest BCUT2D eigenvalue weighted by molar-refractivity contribution is 5.99. The van der Waals surface area contributed by atoms with E-state index in [4.69, 9.17) is 14.9 Å². The fourth-order valence-electron chi connectivity index (χ4n) is 4.55. The van der Waals surface area contributed by atoms with Gasteiger partial charge in [0.25, 0.3) is 0 Å². The molecule has 0 unspecified atom stereocenters. The number of aromatic nitrogens is 2. The molecule has 0 radical (unpaired) electrons. The van der Waals surface area contributed by atoms with Crippen LogP contribution in [0, 0.1) is 5.41 Å². The summed E-state index contributed by atoms with van der Waals surface area (Å²) >= 11 is 0. The molecule has 2 aliphatic heterocycles. The number of nitrogens with one attached hydrogen (secondary N) is 3. The maximum absolute atomic E-state index is 8.48. The van der Waals surface area contributed by atoms with Crippen LogP contribution in [0.1, 0.15) is 36.8 Å². The molecule has 0 aliphatic carbocycles. The largest absolute Gasteiger partial charge is 0.494 e. The van der Waals surface area contributed by atoms with Crippen LogP contribution in [0.25, 0.3) is 0 Å². The third-order valence-electron chi connectivity index (χ3n) is 6.64. The van der Waals surface area contributed by atoms with Crippen LogP contribution in [0.3, 0.4) is 0 Å². The van der Waals surface area contributed by atoms with Crippen molar-refractivity contribution in [3.8, 4) is 11.5 Å². The molecule has 0 atom stereocenters. The van der Waals surface area contributed by atoms with E-state index in [0.29, 0.717) is 18.8 Å². The van der Waals surface area contributed by atoms with Gasteiger partial charge in [-0.25, -0.2) is 0 Å². The molecule has 1 aromatic heterocycles. The Morgan fingerprint density at radius 3 is 1.53 bits per heavy atom. The minimum absolute atomic E-state index is 0.500. The maximum atomic E-state index is 8.48. The summed E-state index contributed by atoms with van der Waals surface area (Å²) in [5, 5.41) is 15.2. The number of ether oxygens (including phenoxy) is 2. The van der Waals surface area contributed by atoms with Crippen LogP contribution < -0.4 is 25.7 Å². The van der Waals surface area contributed by atoms with Crippen LogP contribution in [-0.4, -0.2) is 60.2 Å². The van der Waals surface area contributed by atoms with Gasteiger partial charge in [0.2, 0.25) is 5.62 Å². The third-order valence-corrected chi connectivity index (χ3v) is 6.64. The Hall–Kier alpha value is -4.01. The Kier molecular flexibility index (Phi) is 8.76. The molecule has 3 N–H and O–H groups in total. The van der Waals surface area contributed by atoms with Crippen LogP contribution in [0.4, 0.5) is 0 Å². The first-order valence-corrected chi connectivity index (χ1v) is 13.6. The number of nitrogens with zero attached hydrogens (tertiary/aromatic N) is 4. The molecule has 0 spiro atoms. The smallest absolute Gasteiger partial charge is 0.202 e. The first-order valence-electron chi connectivity index (χ1n) is 13.6. The van der Waals surface area contributed by atoms with Crippen molar-refractivity contribution < 1.29 is 9.47 Å². The quantitative estimate of drug-likeness (QED) is 0.323. The van der Waals surface area contributed by atoms with Crippen molar-refractivity contribution in [2.45, 2.75) is 38.8 Å². The van der Waals surface area contributed by atoms with Gasteiger partial charge in [-0.05, 0) is 74.2 Å². The summed E-state index contributed by atoms with van der Waals surface area (Å²) in [5.74, 6) is 3.64. The van der Waals surface area contributed by atoms with Crippen molar-refractivity contribution in [3.63, 3.8) is 0 Å². The molecule has 0 fully saturated rings. The molecule has 2 aromatic carbocycles. The zero-order valence-electron chi connectivity index (χ0n) is 21.9. The van der Waals surface area contributed by atoms with E-state index in [1.54, 1.807) is 0 Å². The van der Waals surface area contributed by atoms with E-state index in [1.807, 2.05) is 70.1 Å². The highest BCUT2D eigenvalue weighted by Gasteiger charge is 2.08. The molecular formula is C29H37N7O2. The van der Waals surface area contributed by atoms with E-state index in [-0.39, 0.29) is 0 Å². The normalized spacial score (nSPS) is 15.2. The van der Waals surface area contributed by atoms with Crippen LogP contribution >= 0.6 is 0 Å². The monoisotopic (exact) mass is 515 g/mol. The maximum Gasteiger partial charge on any atom is 0.202 e. The summed E-state index contributed by atoms with van der Waals surface area (Å²) < 4.78 is 15.7. The second-order valence-electron chi connectivity index (χ2n) is 9.48. The summed E-state index contributed by atoms with van der Waals surface area (Å²) in [7, 11) is 0. The Morgan fingerprint density at radius 2 is 1.13 bits per heavy atom. The SMILES string of the molecule is N=c1n(CCCOc2ccc(C3=NCCCN3)cc2)ccn1CCCOc1ccc(C2=NCCCN2)cc1. The van der Waals surface area contributed by atoms with Gasteiger partial charge in [0, 0.05) is 62.8 Å². The highest BCUT2D eigenvalue weighted by atomic mass is 16.5. The number of imidazole rings is 1. The van der Waals surface area contributed by atoms with Crippen molar-refractivity contribution in [1.29, 1.82) is 5.41 Å². The van der Waals surface area contributed by atoms with Crippen LogP contribution in [-0.2, 0) is 13.1 Å². The van der Waals surface area contributed by atoms with E-state index >= 15 is 0 Å². The summed E-state index contributed by atoms with van der Waals surface area (Å²) in [6.45, 7) is 6.42. The van der Waals surface area contributed by atoms with Gasteiger partial charge in [0.1, 0.15) is 23.2 Å². The number of benzene rings is 2. The summed E-state index contributed by atoms with van der Waals surface area (Å²) in [6.07, 6.45) is 7.78. The lowest BCUT2D eigenvalue weighted by molar-refractivity contribution is 0.296. The summed E-state index contributed by atoms with van der Waals surface area (Å²) in [5.41, 5.74) is 2.69. The van der Waals surface area contributed by atoms with E-state index in [2.05, 4.69) is 20.6 Å². The predicted molar refractivity (Wildman–Crippen MR) is 149 cm³/mol. The number of hydrogen-bond acceptors (Lipinski definition) is 7. The van der Waals surface area contributed by atoms with E-state index in [1.165, 1.54) is 0 Å². The fraction of sp³-hybridized carbons (Fsp3) is 0.414. The molecule has 3 aromatic rings. The second-order valence-corrected chi connectivity index (χ2v) is 9.48. The van der Waals surface area contributed by atoms with Gasteiger partial charge in [0.05, 0.1) is 13.2 Å². The standard InChI is InChI=1S/C29H37N7O2/c30-29-35(17-3-21-37-25-9-5-23(6-10-25)27-31-13-1-14-32-27)19-20-36(29)18-4-22-38-26-11-7-24(8-12-26)28-33-15-2-16-34-28/h5-12,19-20,30H,1-4,13-18,21-22H2,(H,31,32)(H,33,34). The molecule has 0 saturated heterocycles. The van der Waals surface area contributed by atoms with Crippen molar-refractivity contribution in [2.24, 2.45) is 9.98 Å². The lowest BCUT2D eigenvalue weighted by atomic mass is 10.2. The third kappa shape index (κ3) is 6.85. The Labute approximate surface area is 223 Å². The molecule has 3 heterocycles. The van der Waals surface area contributed by atoms with Crippen LogP contribution in [0.2, 0.25) is 0 Å². The number of rotatable bonds is 12. The summed E-state index contributed by atoms with van der Waals surface area (Å²) in [6, 6.07) is 16.2. The minimum Gasteiger partial charge on any atom is -0.494 e. The molecule has 0 bridgehead atoms. The van der Waals surface area contributed by atoms with Gasteiger partial charge in [-0.15, -0.1) is 0 Å². The Balaban J connectivity index is 1.00. The summed E-state index contributed by atoms with van der Waals surface area (Å²) in [4.78, 5) is 9.07. The fourth-order valence-corrected chi connectivity index (χ4v) is 4.55. The number of aryl methyl sites for hydroxylation is 2. The Morgan fingerprint density at radius 1 is 0.684 bits per heavy atom. The molecule has 200 valence electrons. The lowest BCUT2D eigenvalue weighted by Crippen LogP contribution is -2.30. The molecule has 0 amide bonds. The van der Waals surface area contributed by atoms with E-state index in [9.17, 15) is 0 Å². The first-order chi connectivity index (χ1) is 18.8. The highest BCUT2D eigenvalue weighted by Crippen LogP contribution is 2.15. The molecule has 5 rings (SSSR count). The number of hydrogen-bond donors (Lipinski definition) is 3. The van der Waals surface area contributed by atoms with Crippen LogP contribution in [0.5, 0.6) is 11.5 Å². The average molecular weight is 516 g/mol. The molecule has 2 aliphatic rings. The topological polar surface area (TPSA) is 101 Å². The van der Waals surface area contributed by atoms with Gasteiger partial charge in [-0.1, -0.05) is 0 Å².